The minimum absolute atomic E-state index is 0.0988. The number of H-pyrrole nitrogens is 1. The summed E-state index contributed by atoms with van der Waals surface area (Å²) in [6.45, 7) is 6.71. The van der Waals surface area contributed by atoms with Crippen LogP contribution in [0.4, 0.5) is 0 Å². The number of rotatable bonds is 3. The number of nitrogens with one attached hydrogen (secondary N) is 1. The topological polar surface area (TPSA) is 75.1 Å². The Morgan fingerprint density at radius 3 is 2.68 bits per heavy atom. The molecule has 0 radical (unpaired) electrons. The van der Waals surface area contributed by atoms with Crippen LogP contribution in [0.1, 0.15) is 12.0 Å². The largest absolute Gasteiger partial charge is 0.481 e. The van der Waals surface area contributed by atoms with Gasteiger partial charge in [-0.2, -0.15) is 0 Å². The van der Waals surface area contributed by atoms with Crippen molar-refractivity contribution in [1.82, 2.24) is 9.55 Å². The molecule has 0 amide bonds. The molecule has 0 saturated heterocycles. The molecule has 0 aliphatic heterocycles. The number of carboxylic acids is 1. The van der Waals surface area contributed by atoms with E-state index in [2.05, 4.69) is 36.1 Å². The zero-order chi connectivity index (χ0) is 18.2. The number of aromatic nitrogens is 2. The Labute approximate surface area is 146 Å². The van der Waals surface area contributed by atoms with E-state index < -0.39 is 14.0 Å². The number of hydrogen-bond donors (Lipinski definition) is 2. The summed E-state index contributed by atoms with van der Waals surface area (Å²) in [6.07, 6.45) is 1.63. The van der Waals surface area contributed by atoms with Crippen molar-refractivity contribution in [2.45, 2.75) is 32.6 Å². The molecule has 2 aromatic heterocycles. The van der Waals surface area contributed by atoms with Crippen molar-refractivity contribution in [3.05, 3.63) is 46.4 Å². The molecule has 0 fully saturated rings. The highest BCUT2D eigenvalue weighted by Crippen LogP contribution is 2.23. The number of aromatic amines is 1. The van der Waals surface area contributed by atoms with Crippen LogP contribution in [-0.4, -0.2) is 28.7 Å². The van der Waals surface area contributed by atoms with E-state index in [1.807, 2.05) is 24.3 Å². The number of carbonyl (C=O) groups is 1. The van der Waals surface area contributed by atoms with E-state index in [1.165, 1.54) is 4.57 Å². The maximum absolute atomic E-state index is 12.7. The quantitative estimate of drug-likeness (QED) is 0.561. The molecule has 0 saturated carbocycles. The molecule has 3 aromatic rings. The highest BCUT2D eigenvalue weighted by atomic mass is 28.3. The lowest BCUT2D eigenvalue weighted by Crippen LogP contribution is -2.22. The standard InChI is InChI=1S/C19H20N2O3Si/c1-25(2,3)11-8-13-4-5-16-15(12-13)14-6-9-20-18(14)19(24)21(16)10-7-17(22)23/h4-6,9,12,20H,7,10H2,1-3H3,(H,22,23). The fraction of sp³-hybridized carbons (Fsp3) is 0.263. The zero-order valence-electron chi connectivity index (χ0n) is 14.5. The predicted molar refractivity (Wildman–Crippen MR) is 103 cm³/mol. The summed E-state index contributed by atoms with van der Waals surface area (Å²) in [6, 6.07) is 7.61. The van der Waals surface area contributed by atoms with E-state index in [0.29, 0.717) is 5.52 Å². The molecule has 6 heteroatoms. The number of aliphatic carboxylic acids is 1. The third kappa shape index (κ3) is 3.51. The van der Waals surface area contributed by atoms with Crippen molar-refractivity contribution in [2.75, 3.05) is 0 Å². The first-order valence-corrected chi connectivity index (χ1v) is 11.6. The van der Waals surface area contributed by atoms with Crippen LogP contribution in [-0.2, 0) is 11.3 Å². The summed E-state index contributed by atoms with van der Waals surface area (Å²) in [5.74, 6) is 2.31. The molecular formula is C19H20N2O3Si. The number of carboxylic acid groups (broad SMARTS) is 1. The Kier molecular flexibility index (Phi) is 4.27. The van der Waals surface area contributed by atoms with Crippen LogP contribution < -0.4 is 5.56 Å². The molecule has 0 aliphatic rings. The third-order valence-electron chi connectivity index (χ3n) is 3.91. The molecule has 0 atom stereocenters. The van der Waals surface area contributed by atoms with Gasteiger partial charge in [-0.25, -0.2) is 0 Å². The molecule has 2 heterocycles. The van der Waals surface area contributed by atoms with Crippen LogP contribution in [0.25, 0.3) is 21.8 Å². The highest BCUT2D eigenvalue weighted by Gasteiger charge is 2.13. The summed E-state index contributed by atoms with van der Waals surface area (Å²) >= 11 is 0. The van der Waals surface area contributed by atoms with Gasteiger partial charge in [-0.05, 0) is 24.3 Å². The highest BCUT2D eigenvalue weighted by molar-refractivity contribution is 6.83. The molecule has 0 spiro atoms. The Hall–Kier alpha value is -2.78. The molecule has 5 nitrogen and oxygen atoms in total. The van der Waals surface area contributed by atoms with Crippen LogP contribution in [0, 0.1) is 11.5 Å². The molecule has 1 aromatic carbocycles. The van der Waals surface area contributed by atoms with Gasteiger partial charge in [0.25, 0.3) is 5.56 Å². The number of aryl methyl sites for hydroxylation is 1. The second-order valence-electron chi connectivity index (χ2n) is 7.10. The van der Waals surface area contributed by atoms with Gasteiger partial charge in [0.15, 0.2) is 0 Å². The lowest BCUT2D eigenvalue weighted by molar-refractivity contribution is -0.137. The maximum Gasteiger partial charge on any atom is 0.305 e. The van der Waals surface area contributed by atoms with E-state index >= 15 is 0 Å². The van der Waals surface area contributed by atoms with Gasteiger partial charge < -0.3 is 14.7 Å². The Morgan fingerprint density at radius 2 is 2.00 bits per heavy atom. The van der Waals surface area contributed by atoms with Gasteiger partial charge in [0.05, 0.1) is 11.9 Å². The first-order valence-electron chi connectivity index (χ1n) is 8.15. The number of hydrogen-bond acceptors (Lipinski definition) is 2. The SMILES string of the molecule is C[Si](C)(C)C#Cc1ccc2c(c1)c1cc[nH]c1c(=O)n2CCC(=O)O. The first-order chi connectivity index (χ1) is 11.8. The zero-order valence-corrected chi connectivity index (χ0v) is 15.5. The molecule has 25 heavy (non-hydrogen) atoms. The Bertz CT molecular complexity index is 1090. The predicted octanol–water partition coefficient (Wildman–Crippen LogP) is 3.19. The van der Waals surface area contributed by atoms with Crippen LogP contribution in [0.2, 0.25) is 19.6 Å². The molecule has 0 aliphatic carbocycles. The van der Waals surface area contributed by atoms with Gasteiger partial charge in [-0.3, -0.25) is 9.59 Å². The summed E-state index contributed by atoms with van der Waals surface area (Å²) in [4.78, 5) is 26.6. The van der Waals surface area contributed by atoms with Crippen LogP contribution >= 0.6 is 0 Å². The average Bonchev–Trinajstić information content (AvgIpc) is 3.02. The minimum Gasteiger partial charge on any atom is -0.481 e. The van der Waals surface area contributed by atoms with E-state index in [9.17, 15) is 9.59 Å². The van der Waals surface area contributed by atoms with E-state index in [-0.39, 0.29) is 18.5 Å². The van der Waals surface area contributed by atoms with Crippen molar-refractivity contribution in [3.63, 3.8) is 0 Å². The molecule has 128 valence electrons. The molecule has 2 N–H and O–H groups in total. The second kappa shape index (κ2) is 6.26. The van der Waals surface area contributed by atoms with Crippen molar-refractivity contribution >= 4 is 35.8 Å². The Morgan fingerprint density at radius 1 is 1.24 bits per heavy atom. The summed E-state index contributed by atoms with van der Waals surface area (Å²) < 4.78 is 1.53. The molecular weight excluding hydrogens is 332 g/mol. The molecule has 0 unspecified atom stereocenters. The molecule has 0 bridgehead atoms. The van der Waals surface area contributed by atoms with E-state index in [0.717, 1.165) is 21.9 Å². The van der Waals surface area contributed by atoms with Gasteiger partial charge in [-0.1, -0.05) is 25.6 Å². The number of pyridine rings is 1. The van der Waals surface area contributed by atoms with Crippen LogP contribution in [0.3, 0.4) is 0 Å². The van der Waals surface area contributed by atoms with Gasteiger partial charge in [-0.15, -0.1) is 5.54 Å². The maximum atomic E-state index is 12.7. The van der Waals surface area contributed by atoms with Crippen molar-refractivity contribution in [2.24, 2.45) is 0 Å². The lowest BCUT2D eigenvalue weighted by atomic mass is 10.1. The smallest absolute Gasteiger partial charge is 0.305 e. The third-order valence-corrected chi connectivity index (χ3v) is 4.79. The van der Waals surface area contributed by atoms with Gasteiger partial charge >= 0.3 is 5.97 Å². The van der Waals surface area contributed by atoms with Crippen LogP contribution in [0.5, 0.6) is 0 Å². The second-order valence-corrected chi connectivity index (χ2v) is 11.8. The number of benzene rings is 1. The van der Waals surface area contributed by atoms with E-state index in [4.69, 9.17) is 5.11 Å². The monoisotopic (exact) mass is 352 g/mol. The number of nitrogens with zero attached hydrogens (tertiary/aromatic N) is 1. The lowest BCUT2D eigenvalue weighted by Gasteiger charge is -2.11. The summed E-state index contributed by atoms with van der Waals surface area (Å²) in [5.41, 5.74) is 5.28. The molecule has 3 rings (SSSR count). The van der Waals surface area contributed by atoms with Gasteiger partial charge in [0, 0.05) is 29.1 Å². The summed E-state index contributed by atoms with van der Waals surface area (Å²) in [7, 11) is -1.48. The van der Waals surface area contributed by atoms with Crippen LogP contribution in [0.15, 0.2) is 35.3 Å². The van der Waals surface area contributed by atoms with Crippen molar-refractivity contribution < 1.29 is 9.90 Å². The van der Waals surface area contributed by atoms with E-state index in [1.54, 1.807) is 6.20 Å². The first kappa shape index (κ1) is 17.1. The van der Waals surface area contributed by atoms with Crippen molar-refractivity contribution in [3.8, 4) is 11.5 Å². The minimum atomic E-state index is -1.48. The normalized spacial score (nSPS) is 11.5. The van der Waals surface area contributed by atoms with Gasteiger partial charge in [0.2, 0.25) is 0 Å². The fourth-order valence-corrected chi connectivity index (χ4v) is 3.29. The number of fused-ring (bicyclic) bond motifs is 3. The summed E-state index contributed by atoms with van der Waals surface area (Å²) in [5, 5.41) is 10.7. The Balaban J connectivity index is 2.25. The van der Waals surface area contributed by atoms with Gasteiger partial charge in [0.1, 0.15) is 13.6 Å². The van der Waals surface area contributed by atoms with Crippen molar-refractivity contribution in [1.29, 1.82) is 0 Å². The average molecular weight is 352 g/mol. The fourth-order valence-electron chi connectivity index (χ4n) is 2.77.